The summed E-state index contributed by atoms with van der Waals surface area (Å²) in [5.41, 5.74) is 0. The average molecular weight is 142 g/mol. The standard InChI is InChI=1S/C7H6ClO/c8-6-9-7-4-2-1-3-5-7/h1-4H,6H2. The topological polar surface area (TPSA) is 9.23 Å². The number of ether oxygens (including phenoxy) is 1. The Morgan fingerprint density at radius 2 is 2.44 bits per heavy atom. The summed E-state index contributed by atoms with van der Waals surface area (Å²) in [5.74, 6) is 0.688. The summed E-state index contributed by atoms with van der Waals surface area (Å²) in [4.78, 5) is 0. The van der Waals surface area contributed by atoms with E-state index in [0.717, 1.165) is 0 Å². The monoisotopic (exact) mass is 141 g/mol. The van der Waals surface area contributed by atoms with Crippen molar-refractivity contribution in [2.75, 3.05) is 6.07 Å². The van der Waals surface area contributed by atoms with Gasteiger partial charge in [0.15, 0.2) is 6.07 Å². The maximum absolute atomic E-state index is 5.29. The second kappa shape index (κ2) is 3.36. The summed E-state index contributed by atoms with van der Waals surface area (Å²) in [6.45, 7) is 0. The van der Waals surface area contributed by atoms with Gasteiger partial charge in [-0.25, -0.2) is 0 Å². The van der Waals surface area contributed by atoms with E-state index in [-0.39, 0.29) is 6.07 Å². The van der Waals surface area contributed by atoms with E-state index in [1.54, 1.807) is 6.07 Å². The van der Waals surface area contributed by atoms with Gasteiger partial charge in [-0.2, -0.15) is 0 Å². The van der Waals surface area contributed by atoms with Crippen molar-refractivity contribution >= 4 is 11.6 Å². The molecule has 0 N–H and O–H groups in total. The Morgan fingerprint density at radius 1 is 1.56 bits per heavy atom. The van der Waals surface area contributed by atoms with Crippen LogP contribution < -0.4 is 4.74 Å². The van der Waals surface area contributed by atoms with Gasteiger partial charge in [0.05, 0.1) is 0 Å². The lowest BCUT2D eigenvalue weighted by Gasteiger charge is -1.97. The molecule has 0 fully saturated rings. The van der Waals surface area contributed by atoms with Gasteiger partial charge in [0, 0.05) is 6.07 Å². The Balaban J connectivity index is 2.61. The predicted molar refractivity (Wildman–Crippen MR) is 36.6 cm³/mol. The first-order valence-corrected chi connectivity index (χ1v) is 3.12. The van der Waals surface area contributed by atoms with E-state index in [4.69, 9.17) is 16.3 Å². The minimum absolute atomic E-state index is 0.181. The SMILES string of the molecule is ClCOc1[c]cccc1. The number of hydrogen-bond acceptors (Lipinski definition) is 1. The van der Waals surface area contributed by atoms with Crippen molar-refractivity contribution in [3.05, 3.63) is 30.3 Å². The van der Waals surface area contributed by atoms with Crippen LogP contribution in [0.5, 0.6) is 5.75 Å². The van der Waals surface area contributed by atoms with Gasteiger partial charge in [-0.3, -0.25) is 0 Å². The molecule has 1 nitrogen and oxygen atoms in total. The third-order valence-corrected chi connectivity index (χ3v) is 1.000. The van der Waals surface area contributed by atoms with E-state index in [1.165, 1.54) is 0 Å². The molecule has 0 spiro atoms. The van der Waals surface area contributed by atoms with Crippen LogP contribution in [0.2, 0.25) is 0 Å². The quantitative estimate of drug-likeness (QED) is 0.573. The van der Waals surface area contributed by atoms with Gasteiger partial charge in [-0.05, 0) is 6.07 Å². The van der Waals surface area contributed by atoms with E-state index >= 15 is 0 Å². The molecule has 47 valence electrons. The highest BCUT2D eigenvalue weighted by Gasteiger charge is 1.85. The molecule has 1 radical (unpaired) electrons. The molecule has 0 saturated carbocycles. The molecule has 1 rings (SSSR count). The van der Waals surface area contributed by atoms with Crippen LogP contribution in [0.3, 0.4) is 0 Å². The van der Waals surface area contributed by atoms with Crippen molar-refractivity contribution in [2.45, 2.75) is 0 Å². The van der Waals surface area contributed by atoms with Crippen molar-refractivity contribution < 1.29 is 4.74 Å². The fraction of sp³-hybridized carbons (Fsp3) is 0.143. The van der Waals surface area contributed by atoms with Gasteiger partial charge >= 0.3 is 0 Å². The second-order valence-corrected chi connectivity index (χ2v) is 1.70. The van der Waals surface area contributed by atoms with Crippen molar-refractivity contribution in [3.63, 3.8) is 0 Å². The minimum atomic E-state index is 0.181. The fourth-order valence-electron chi connectivity index (χ4n) is 0.525. The average Bonchev–Trinajstić information content (AvgIpc) is 1.91. The molecule has 0 unspecified atom stereocenters. The maximum Gasteiger partial charge on any atom is 0.162 e. The van der Waals surface area contributed by atoms with Crippen molar-refractivity contribution in [2.24, 2.45) is 0 Å². The van der Waals surface area contributed by atoms with Gasteiger partial charge < -0.3 is 4.74 Å². The lowest BCUT2D eigenvalue weighted by atomic mass is 10.3. The van der Waals surface area contributed by atoms with Crippen molar-refractivity contribution in [1.82, 2.24) is 0 Å². The van der Waals surface area contributed by atoms with Crippen molar-refractivity contribution in [1.29, 1.82) is 0 Å². The molecule has 1 aromatic carbocycles. The Bertz CT molecular complexity index is 162. The molecule has 0 heterocycles. The van der Waals surface area contributed by atoms with E-state index in [2.05, 4.69) is 6.07 Å². The Kier molecular flexibility index (Phi) is 2.40. The molecule has 0 aliphatic heterocycles. The van der Waals surface area contributed by atoms with Crippen LogP contribution in [0.25, 0.3) is 0 Å². The van der Waals surface area contributed by atoms with Crippen LogP contribution in [0.4, 0.5) is 0 Å². The predicted octanol–water partition coefficient (Wildman–Crippen LogP) is 2.06. The van der Waals surface area contributed by atoms with Gasteiger partial charge in [-0.15, -0.1) is 0 Å². The normalized spacial score (nSPS) is 9.00. The van der Waals surface area contributed by atoms with Gasteiger partial charge in [-0.1, -0.05) is 29.8 Å². The second-order valence-electron chi connectivity index (χ2n) is 1.48. The van der Waals surface area contributed by atoms with Crippen LogP contribution in [0, 0.1) is 6.07 Å². The smallest absolute Gasteiger partial charge is 0.162 e. The lowest BCUT2D eigenvalue weighted by molar-refractivity contribution is 0.387. The zero-order chi connectivity index (χ0) is 6.53. The third-order valence-electron chi connectivity index (χ3n) is 0.891. The van der Waals surface area contributed by atoms with Crippen LogP contribution in [-0.4, -0.2) is 6.07 Å². The molecule has 0 aromatic heterocycles. The molecule has 0 amide bonds. The third kappa shape index (κ3) is 1.94. The highest BCUT2D eigenvalue weighted by atomic mass is 35.5. The summed E-state index contributed by atoms with van der Waals surface area (Å²) in [6, 6.07) is 10.4. The molecule has 9 heavy (non-hydrogen) atoms. The van der Waals surface area contributed by atoms with Crippen molar-refractivity contribution in [3.8, 4) is 5.75 Å². The summed E-state index contributed by atoms with van der Waals surface area (Å²) in [6.07, 6.45) is 0. The molecule has 0 bridgehead atoms. The number of para-hydroxylation sites is 1. The van der Waals surface area contributed by atoms with Gasteiger partial charge in [0.2, 0.25) is 0 Å². The molecule has 0 aliphatic rings. The number of halogens is 1. The number of hydrogen-bond donors (Lipinski definition) is 0. The van der Waals surface area contributed by atoms with Crippen LogP contribution in [0.15, 0.2) is 24.3 Å². The summed E-state index contributed by atoms with van der Waals surface area (Å²) in [5, 5.41) is 0. The first kappa shape index (κ1) is 6.43. The summed E-state index contributed by atoms with van der Waals surface area (Å²) < 4.78 is 4.92. The molecule has 0 aliphatic carbocycles. The van der Waals surface area contributed by atoms with Crippen LogP contribution in [0.1, 0.15) is 0 Å². The molecule has 0 saturated heterocycles. The molecule has 2 heteroatoms. The summed E-state index contributed by atoms with van der Waals surface area (Å²) in [7, 11) is 0. The highest BCUT2D eigenvalue weighted by molar-refractivity contribution is 6.17. The summed E-state index contributed by atoms with van der Waals surface area (Å²) >= 11 is 5.29. The van der Waals surface area contributed by atoms with Gasteiger partial charge in [0.1, 0.15) is 5.75 Å². The Labute approximate surface area is 59.2 Å². The number of rotatable bonds is 2. The van der Waals surface area contributed by atoms with Gasteiger partial charge in [0.25, 0.3) is 0 Å². The van der Waals surface area contributed by atoms with E-state index < -0.39 is 0 Å². The first-order chi connectivity index (χ1) is 4.43. The zero-order valence-electron chi connectivity index (χ0n) is 4.80. The Morgan fingerprint density at radius 3 is 3.00 bits per heavy atom. The highest BCUT2D eigenvalue weighted by Crippen LogP contribution is 2.06. The first-order valence-electron chi connectivity index (χ1n) is 2.59. The Hall–Kier alpha value is -0.690. The molecule has 0 atom stereocenters. The molecular weight excluding hydrogens is 136 g/mol. The number of alkyl halides is 1. The van der Waals surface area contributed by atoms with E-state index in [9.17, 15) is 0 Å². The number of benzene rings is 1. The maximum atomic E-state index is 5.29. The lowest BCUT2D eigenvalue weighted by Crippen LogP contribution is -1.86. The molecular formula is C7H6ClO. The van der Waals surface area contributed by atoms with Crippen LogP contribution >= 0.6 is 11.6 Å². The zero-order valence-corrected chi connectivity index (χ0v) is 5.56. The molecule has 1 aromatic rings. The van der Waals surface area contributed by atoms with E-state index in [0.29, 0.717) is 5.75 Å². The van der Waals surface area contributed by atoms with Crippen LogP contribution in [-0.2, 0) is 0 Å². The largest absolute Gasteiger partial charge is 0.477 e. The fourth-order valence-corrected chi connectivity index (χ4v) is 0.643. The van der Waals surface area contributed by atoms with E-state index in [1.807, 2.05) is 18.2 Å². The minimum Gasteiger partial charge on any atom is -0.477 e.